The Labute approximate surface area is 221 Å². The first kappa shape index (κ1) is 25.5. The van der Waals surface area contributed by atoms with Gasteiger partial charge in [0.15, 0.2) is 5.58 Å². The molecule has 0 atom stereocenters. The summed E-state index contributed by atoms with van der Waals surface area (Å²) in [7, 11) is 0. The van der Waals surface area contributed by atoms with Crippen molar-refractivity contribution in [1.29, 1.82) is 10.5 Å². The van der Waals surface area contributed by atoms with Crippen molar-refractivity contribution in [2.45, 2.75) is 77.7 Å². The number of unbranched alkanes of at least 4 members (excludes halogenated alkanes) is 9. The van der Waals surface area contributed by atoms with Crippen LogP contribution in [0.1, 0.15) is 82.3 Å². The Morgan fingerprint density at radius 2 is 1.29 bits per heavy atom. The lowest BCUT2D eigenvalue weighted by Crippen LogP contribution is -2.33. The minimum atomic E-state index is -0.393. The third-order valence-electron chi connectivity index (χ3n) is 7.65. The third-order valence-corrected chi connectivity index (χ3v) is 7.65. The monoisotopic (exact) mass is 505 g/mol. The highest BCUT2D eigenvalue weighted by atomic mass is 16.3. The van der Waals surface area contributed by atoms with Crippen LogP contribution in [0.3, 0.4) is 0 Å². The number of pyridine rings is 1. The maximum Gasteiger partial charge on any atom is 0.261 e. The van der Waals surface area contributed by atoms with Crippen LogP contribution < -0.4 is 11.1 Å². The molecule has 0 aliphatic rings. The molecule has 0 saturated carbocycles. The van der Waals surface area contributed by atoms with E-state index < -0.39 is 11.1 Å². The summed E-state index contributed by atoms with van der Waals surface area (Å²) in [6.07, 6.45) is 11.6. The Morgan fingerprint density at radius 3 is 1.92 bits per heavy atom. The van der Waals surface area contributed by atoms with Crippen LogP contribution >= 0.6 is 0 Å². The van der Waals surface area contributed by atoms with E-state index in [1.54, 1.807) is 12.1 Å². The van der Waals surface area contributed by atoms with Gasteiger partial charge < -0.3 is 4.42 Å². The molecule has 0 aliphatic heterocycles. The number of nitriles is 2. The maximum atomic E-state index is 13.6. The fraction of sp³-hybridized carbons (Fsp3) is 0.375. The van der Waals surface area contributed by atoms with E-state index in [1.807, 2.05) is 18.2 Å². The second kappa shape index (κ2) is 11.1. The van der Waals surface area contributed by atoms with Crippen LogP contribution in [-0.2, 0) is 6.54 Å². The number of rotatable bonds is 11. The molecule has 0 bridgehead atoms. The predicted molar refractivity (Wildman–Crippen MR) is 152 cm³/mol. The predicted octanol–water partition coefficient (Wildman–Crippen LogP) is 7.52. The largest absolute Gasteiger partial charge is 0.455 e. The fourth-order valence-corrected chi connectivity index (χ4v) is 5.72. The second-order valence-corrected chi connectivity index (χ2v) is 10.2. The Bertz CT molecular complexity index is 1800. The van der Waals surface area contributed by atoms with E-state index in [0.29, 0.717) is 55.6 Å². The standard InChI is InChI=1S/C32H31N3O3/c1-2-3-4-5-6-7-8-9-10-13-16-35-31(36)24-17-21(19-33)27-23-14-11-12-15-26(23)38-30-22(20-34)18-25(32(35)37)28(24)29(27)30/h11-12,14-15,17-18H,2-10,13,16H2,1H3. The van der Waals surface area contributed by atoms with Crippen LogP contribution in [0.25, 0.3) is 43.5 Å². The van der Waals surface area contributed by atoms with Crippen LogP contribution in [0.15, 0.2) is 50.4 Å². The smallest absolute Gasteiger partial charge is 0.261 e. The fourth-order valence-electron chi connectivity index (χ4n) is 5.72. The lowest BCUT2D eigenvalue weighted by atomic mass is 9.91. The highest BCUT2D eigenvalue weighted by molar-refractivity contribution is 6.28. The zero-order valence-electron chi connectivity index (χ0n) is 21.8. The average molecular weight is 506 g/mol. The summed E-state index contributed by atoms with van der Waals surface area (Å²) >= 11 is 0. The number of nitrogens with zero attached hydrogens (tertiary/aromatic N) is 3. The molecule has 38 heavy (non-hydrogen) atoms. The SMILES string of the molecule is CCCCCCCCCCCCn1c(=O)c2cc(C#N)c3oc4ccccc4c4c(C#N)cc(c1=O)c2c34. The van der Waals surface area contributed by atoms with Crippen molar-refractivity contribution < 1.29 is 4.42 Å². The molecule has 0 saturated heterocycles. The van der Waals surface area contributed by atoms with Gasteiger partial charge >= 0.3 is 0 Å². The van der Waals surface area contributed by atoms with Gasteiger partial charge in [0.05, 0.1) is 28.0 Å². The number of benzene rings is 3. The van der Waals surface area contributed by atoms with E-state index in [9.17, 15) is 20.1 Å². The summed E-state index contributed by atoms with van der Waals surface area (Å²) in [5.41, 5.74) is 0.583. The van der Waals surface area contributed by atoms with Gasteiger partial charge in [0.2, 0.25) is 0 Å². The van der Waals surface area contributed by atoms with Crippen LogP contribution in [0.5, 0.6) is 0 Å². The van der Waals surface area contributed by atoms with Crippen molar-refractivity contribution in [3.8, 4) is 12.1 Å². The summed E-state index contributed by atoms with van der Waals surface area (Å²) < 4.78 is 7.40. The van der Waals surface area contributed by atoms with Crippen molar-refractivity contribution in [2.24, 2.45) is 0 Å². The molecule has 5 aromatic rings. The van der Waals surface area contributed by atoms with Gasteiger partial charge in [0, 0.05) is 28.1 Å². The molecule has 0 radical (unpaired) electrons. The molecule has 2 aromatic heterocycles. The van der Waals surface area contributed by atoms with Crippen LogP contribution in [-0.4, -0.2) is 4.57 Å². The number of hydrogen-bond donors (Lipinski definition) is 0. The quantitative estimate of drug-likeness (QED) is 0.105. The lowest BCUT2D eigenvalue weighted by Gasteiger charge is -2.16. The molecule has 6 heteroatoms. The molecule has 0 unspecified atom stereocenters. The first-order valence-corrected chi connectivity index (χ1v) is 13.7. The van der Waals surface area contributed by atoms with Gasteiger partial charge in [0.25, 0.3) is 11.1 Å². The van der Waals surface area contributed by atoms with E-state index in [2.05, 4.69) is 19.1 Å². The topological polar surface area (TPSA) is 99.8 Å². The average Bonchev–Trinajstić information content (AvgIpc) is 2.94. The zero-order valence-corrected chi connectivity index (χ0v) is 21.8. The highest BCUT2D eigenvalue weighted by Gasteiger charge is 2.23. The first-order chi connectivity index (χ1) is 18.6. The third kappa shape index (κ3) is 4.41. The number of aromatic nitrogens is 1. The molecule has 0 spiro atoms. The Balaban J connectivity index is 1.53. The second-order valence-electron chi connectivity index (χ2n) is 10.2. The zero-order chi connectivity index (χ0) is 26.6. The number of fused-ring (bicyclic) bond motifs is 2. The first-order valence-electron chi connectivity index (χ1n) is 13.7. The minimum absolute atomic E-state index is 0.214. The lowest BCUT2D eigenvalue weighted by molar-refractivity contribution is 0.527. The number of para-hydroxylation sites is 1. The van der Waals surface area contributed by atoms with Crippen LogP contribution in [0, 0.1) is 22.7 Å². The van der Waals surface area contributed by atoms with Gasteiger partial charge in [-0.2, -0.15) is 10.5 Å². The van der Waals surface area contributed by atoms with Crippen molar-refractivity contribution in [3.05, 3.63) is 68.2 Å². The molecule has 3 aromatic carbocycles. The summed E-state index contributed by atoms with van der Waals surface area (Å²) in [4.78, 5) is 27.2. The van der Waals surface area contributed by atoms with Crippen molar-refractivity contribution in [2.75, 3.05) is 0 Å². The van der Waals surface area contributed by atoms with E-state index in [0.717, 1.165) is 19.3 Å². The van der Waals surface area contributed by atoms with Crippen molar-refractivity contribution in [3.63, 3.8) is 0 Å². The maximum absolute atomic E-state index is 13.6. The molecule has 2 heterocycles. The summed E-state index contributed by atoms with van der Waals surface area (Å²) in [6.45, 7) is 2.54. The molecule has 0 amide bonds. The van der Waals surface area contributed by atoms with Crippen molar-refractivity contribution >= 4 is 43.5 Å². The summed E-state index contributed by atoms with van der Waals surface area (Å²) in [5.74, 6) is 0. The van der Waals surface area contributed by atoms with Gasteiger partial charge in [-0.1, -0.05) is 82.9 Å². The normalized spacial score (nSPS) is 11.6. The minimum Gasteiger partial charge on any atom is -0.455 e. The Morgan fingerprint density at radius 1 is 0.711 bits per heavy atom. The summed E-state index contributed by atoms with van der Waals surface area (Å²) in [5, 5.41) is 22.9. The molecule has 0 aliphatic carbocycles. The summed E-state index contributed by atoms with van der Waals surface area (Å²) in [6, 6.07) is 14.8. The van der Waals surface area contributed by atoms with Crippen molar-refractivity contribution in [1.82, 2.24) is 4.57 Å². The van der Waals surface area contributed by atoms with Gasteiger partial charge in [0.1, 0.15) is 11.7 Å². The van der Waals surface area contributed by atoms with E-state index in [1.165, 1.54) is 55.6 Å². The van der Waals surface area contributed by atoms with Gasteiger partial charge in [-0.15, -0.1) is 0 Å². The molecular weight excluding hydrogens is 474 g/mol. The van der Waals surface area contributed by atoms with Crippen LogP contribution in [0.4, 0.5) is 0 Å². The molecule has 0 fully saturated rings. The molecule has 192 valence electrons. The molecule has 5 rings (SSSR count). The number of hydrogen-bond acceptors (Lipinski definition) is 5. The molecule has 0 N–H and O–H groups in total. The van der Waals surface area contributed by atoms with Gasteiger partial charge in [-0.3, -0.25) is 14.2 Å². The Kier molecular flexibility index (Phi) is 7.43. The highest BCUT2D eigenvalue weighted by Crippen LogP contribution is 2.40. The van der Waals surface area contributed by atoms with E-state index >= 15 is 0 Å². The van der Waals surface area contributed by atoms with Crippen LogP contribution in [0.2, 0.25) is 0 Å². The molecule has 6 nitrogen and oxygen atoms in total. The van der Waals surface area contributed by atoms with E-state index in [-0.39, 0.29) is 5.56 Å². The van der Waals surface area contributed by atoms with E-state index in [4.69, 9.17) is 4.42 Å². The van der Waals surface area contributed by atoms with Gasteiger partial charge in [-0.25, -0.2) is 0 Å². The molecular formula is C32H31N3O3. The Hall–Kier alpha value is -4.16. The van der Waals surface area contributed by atoms with Gasteiger partial charge in [-0.05, 0) is 24.6 Å².